The zero-order valence-corrected chi connectivity index (χ0v) is 11.1. The number of rotatable bonds is 5. The highest BCUT2D eigenvalue weighted by molar-refractivity contribution is 5.85. The number of aromatic nitrogens is 1. The number of H-pyrrole nitrogens is 1. The molecular weight excluding hydrogens is 232 g/mol. The van der Waals surface area contributed by atoms with Crippen molar-refractivity contribution in [2.45, 2.75) is 38.6 Å². The Hall–Kier alpha value is -0.990. The first kappa shape index (κ1) is 14.1. The van der Waals surface area contributed by atoms with Crippen molar-refractivity contribution in [1.82, 2.24) is 4.98 Å². The fraction of sp³-hybridized carbons (Fsp3) is 0.429. The first-order valence-electron chi connectivity index (χ1n) is 6.14. The van der Waals surface area contributed by atoms with E-state index in [0.717, 1.165) is 6.42 Å². The summed E-state index contributed by atoms with van der Waals surface area (Å²) in [5.74, 6) is 0. The minimum atomic E-state index is 0. The van der Waals surface area contributed by atoms with Crippen LogP contribution in [0.2, 0.25) is 0 Å². The topological polar surface area (TPSA) is 41.8 Å². The lowest BCUT2D eigenvalue weighted by molar-refractivity contribution is 0.581. The number of nitrogens with two attached hydrogens (primary N) is 1. The molecule has 0 amide bonds. The van der Waals surface area contributed by atoms with Gasteiger partial charge in [-0.1, -0.05) is 32.3 Å². The van der Waals surface area contributed by atoms with E-state index in [0.29, 0.717) is 0 Å². The number of benzene rings is 1. The summed E-state index contributed by atoms with van der Waals surface area (Å²) >= 11 is 0. The van der Waals surface area contributed by atoms with Gasteiger partial charge in [0.15, 0.2) is 0 Å². The second kappa shape index (κ2) is 6.67. The van der Waals surface area contributed by atoms with Crippen molar-refractivity contribution in [3.05, 3.63) is 36.0 Å². The lowest BCUT2D eigenvalue weighted by atomic mass is 10.0. The van der Waals surface area contributed by atoms with Crippen molar-refractivity contribution in [2.24, 2.45) is 5.73 Å². The molecule has 17 heavy (non-hydrogen) atoms. The van der Waals surface area contributed by atoms with E-state index in [1.54, 1.807) is 0 Å². The van der Waals surface area contributed by atoms with Gasteiger partial charge in [-0.05, 0) is 35.6 Å². The maximum Gasteiger partial charge on any atom is 0.0454 e. The number of halogens is 1. The van der Waals surface area contributed by atoms with Crippen LogP contribution in [-0.2, 0) is 0 Å². The van der Waals surface area contributed by atoms with E-state index in [4.69, 9.17) is 5.73 Å². The van der Waals surface area contributed by atoms with Crippen molar-refractivity contribution < 1.29 is 0 Å². The van der Waals surface area contributed by atoms with Crippen molar-refractivity contribution in [3.8, 4) is 0 Å². The highest BCUT2D eigenvalue weighted by Gasteiger charge is 2.06. The first-order valence-corrected chi connectivity index (χ1v) is 6.14. The van der Waals surface area contributed by atoms with Gasteiger partial charge < -0.3 is 10.7 Å². The monoisotopic (exact) mass is 252 g/mol. The van der Waals surface area contributed by atoms with E-state index in [1.165, 1.54) is 35.7 Å². The molecule has 2 rings (SSSR count). The molecule has 1 aromatic heterocycles. The summed E-state index contributed by atoms with van der Waals surface area (Å²) < 4.78 is 0. The van der Waals surface area contributed by atoms with Crippen LogP contribution >= 0.6 is 12.4 Å². The predicted molar refractivity (Wildman–Crippen MR) is 76.6 cm³/mol. The van der Waals surface area contributed by atoms with Crippen LogP contribution in [0.5, 0.6) is 0 Å². The molecule has 0 bridgehead atoms. The molecule has 1 aromatic carbocycles. The Morgan fingerprint density at radius 1 is 1.24 bits per heavy atom. The number of fused-ring (bicyclic) bond motifs is 1. The van der Waals surface area contributed by atoms with Gasteiger partial charge in [-0.25, -0.2) is 0 Å². The summed E-state index contributed by atoms with van der Waals surface area (Å²) in [5, 5.41) is 1.25. The van der Waals surface area contributed by atoms with Crippen LogP contribution in [-0.4, -0.2) is 4.98 Å². The molecule has 0 aliphatic rings. The Morgan fingerprint density at radius 3 is 2.82 bits per heavy atom. The lowest BCUT2D eigenvalue weighted by Gasteiger charge is -2.11. The normalized spacial score (nSPS) is 12.4. The van der Waals surface area contributed by atoms with Crippen LogP contribution in [0.1, 0.15) is 44.2 Å². The van der Waals surface area contributed by atoms with E-state index in [9.17, 15) is 0 Å². The zero-order valence-electron chi connectivity index (χ0n) is 10.3. The van der Waals surface area contributed by atoms with Crippen LogP contribution in [0.25, 0.3) is 10.9 Å². The van der Waals surface area contributed by atoms with Crippen LogP contribution in [0, 0.1) is 0 Å². The number of aromatic amines is 1. The van der Waals surface area contributed by atoms with E-state index in [2.05, 4.69) is 36.2 Å². The largest absolute Gasteiger partial charge is 0.361 e. The molecule has 0 fully saturated rings. The highest BCUT2D eigenvalue weighted by atomic mass is 35.5. The fourth-order valence-electron chi connectivity index (χ4n) is 2.08. The maximum absolute atomic E-state index is 6.19. The average Bonchev–Trinajstić information content (AvgIpc) is 2.76. The van der Waals surface area contributed by atoms with Crippen LogP contribution in [0.4, 0.5) is 0 Å². The van der Waals surface area contributed by atoms with Gasteiger partial charge in [-0.2, -0.15) is 0 Å². The minimum Gasteiger partial charge on any atom is -0.361 e. The molecule has 0 saturated carbocycles. The van der Waals surface area contributed by atoms with Crippen molar-refractivity contribution in [3.63, 3.8) is 0 Å². The summed E-state index contributed by atoms with van der Waals surface area (Å²) in [7, 11) is 0. The van der Waals surface area contributed by atoms with Gasteiger partial charge in [0, 0.05) is 17.8 Å². The summed E-state index contributed by atoms with van der Waals surface area (Å²) in [4.78, 5) is 3.20. The zero-order chi connectivity index (χ0) is 11.4. The molecule has 0 aliphatic carbocycles. The molecular formula is C14H21ClN2. The lowest BCUT2D eigenvalue weighted by Crippen LogP contribution is -2.09. The minimum absolute atomic E-state index is 0. The third kappa shape index (κ3) is 3.48. The molecule has 0 radical (unpaired) electrons. The van der Waals surface area contributed by atoms with Gasteiger partial charge in [0.05, 0.1) is 0 Å². The first-order chi connectivity index (χ1) is 7.81. The molecule has 2 nitrogen and oxygen atoms in total. The SMILES string of the molecule is CCCCC[C@@H](N)c1ccc2[nH]ccc2c1.Cl. The second-order valence-corrected chi connectivity index (χ2v) is 4.43. The highest BCUT2D eigenvalue weighted by Crippen LogP contribution is 2.21. The van der Waals surface area contributed by atoms with Gasteiger partial charge in [0.1, 0.15) is 0 Å². The summed E-state index contributed by atoms with van der Waals surface area (Å²) in [6.07, 6.45) is 6.81. The molecule has 94 valence electrons. The van der Waals surface area contributed by atoms with Gasteiger partial charge in [-0.15, -0.1) is 12.4 Å². The molecule has 0 spiro atoms. The Balaban J connectivity index is 0.00000144. The maximum atomic E-state index is 6.19. The average molecular weight is 253 g/mol. The third-order valence-corrected chi connectivity index (χ3v) is 3.12. The molecule has 3 N–H and O–H groups in total. The predicted octanol–water partition coefficient (Wildman–Crippen LogP) is 4.17. The van der Waals surface area contributed by atoms with E-state index >= 15 is 0 Å². The molecule has 1 heterocycles. The summed E-state index contributed by atoms with van der Waals surface area (Å²) in [6, 6.07) is 8.73. The second-order valence-electron chi connectivity index (χ2n) is 4.43. The third-order valence-electron chi connectivity index (χ3n) is 3.12. The van der Waals surface area contributed by atoms with Gasteiger partial charge in [0.2, 0.25) is 0 Å². The van der Waals surface area contributed by atoms with Crippen LogP contribution in [0.15, 0.2) is 30.5 Å². The van der Waals surface area contributed by atoms with Gasteiger partial charge in [0.25, 0.3) is 0 Å². The molecule has 0 saturated heterocycles. The Morgan fingerprint density at radius 2 is 2.06 bits per heavy atom. The van der Waals surface area contributed by atoms with E-state index < -0.39 is 0 Å². The number of hydrogen-bond donors (Lipinski definition) is 2. The number of unbranched alkanes of at least 4 members (excludes halogenated alkanes) is 2. The van der Waals surface area contributed by atoms with Crippen LogP contribution in [0.3, 0.4) is 0 Å². The van der Waals surface area contributed by atoms with E-state index in [-0.39, 0.29) is 18.4 Å². The molecule has 1 atom stereocenters. The Bertz CT molecular complexity index is 450. The number of nitrogens with one attached hydrogen (secondary N) is 1. The van der Waals surface area contributed by atoms with Gasteiger partial charge in [-0.3, -0.25) is 0 Å². The van der Waals surface area contributed by atoms with E-state index in [1.807, 2.05) is 6.20 Å². The van der Waals surface area contributed by atoms with Crippen molar-refractivity contribution >= 4 is 23.3 Å². The van der Waals surface area contributed by atoms with Crippen LogP contribution < -0.4 is 5.73 Å². The Kier molecular flexibility index (Phi) is 5.52. The fourth-order valence-corrected chi connectivity index (χ4v) is 2.08. The smallest absolute Gasteiger partial charge is 0.0454 e. The molecule has 0 unspecified atom stereocenters. The molecule has 0 aliphatic heterocycles. The summed E-state index contributed by atoms with van der Waals surface area (Å²) in [5.41, 5.74) is 8.62. The molecule has 3 heteroatoms. The van der Waals surface area contributed by atoms with Gasteiger partial charge >= 0.3 is 0 Å². The van der Waals surface area contributed by atoms with Crippen molar-refractivity contribution in [2.75, 3.05) is 0 Å². The standard InChI is InChI=1S/C14H20N2.ClH/c1-2-3-4-5-13(15)11-6-7-14-12(10-11)8-9-16-14;/h6-10,13,16H,2-5,15H2,1H3;1H/t13-;/m1./s1. The van der Waals surface area contributed by atoms with Crippen molar-refractivity contribution in [1.29, 1.82) is 0 Å². The Labute approximate surface area is 109 Å². The number of hydrogen-bond acceptors (Lipinski definition) is 1. The molecule has 2 aromatic rings. The quantitative estimate of drug-likeness (QED) is 0.771. The summed E-state index contributed by atoms with van der Waals surface area (Å²) in [6.45, 7) is 2.22.